The van der Waals surface area contributed by atoms with Gasteiger partial charge in [-0.15, -0.1) is 0 Å². The molecule has 21 heavy (non-hydrogen) atoms. The number of para-hydroxylation sites is 1. The van der Waals surface area contributed by atoms with E-state index in [0.717, 1.165) is 17.5 Å². The number of hydrogen-bond acceptors (Lipinski definition) is 4. The van der Waals surface area contributed by atoms with Crippen molar-refractivity contribution in [3.8, 4) is 0 Å². The summed E-state index contributed by atoms with van der Waals surface area (Å²) in [7, 11) is 1.93. The Labute approximate surface area is 123 Å². The van der Waals surface area contributed by atoms with Crippen molar-refractivity contribution in [1.29, 1.82) is 0 Å². The van der Waals surface area contributed by atoms with E-state index in [1.54, 1.807) is 12.1 Å². The summed E-state index contributed by atoms with van der Waals surface area (Å²) in [5.74, 6) is 0. The van der Waals surface area contributed by atoms with Gasteiger partial charge in [0.1, 0.15) is 0 Å². The topological polar surface area (TPSA) is 73.0 Å². The summed E-state index contributed by atoms with van der Waals surface area (Å²) in [6.07, 6.45) is 5.44. The Morgan fingerprint density at radius 2 is 2.19 bits per heavy atom. The van der Waals surface area contributed by atoms with Crippen LogP contribution in [0, 0.1) is 10.1 Å². The molecule has 1 aromatic carbocycles. The molecule has 0 aliphatic carbocycles. The van der Waals surface area contributed by atoms with Crippen molar-refractivity contribution in [3.63, 3.8) is 0 Å². The predicted molar refractivity (Wildman–Crippen MR) is 81.1 cm³/mol. The summed E-state index contributed by atoms with van der Waals surface area (Å²) in [4.78, 5) is 10.6. The standard InChI is InChI=1S/C15H20N4O2/c1-3-14(16-2)13-10-17-18(11-13)9-8-12-6-4-5-7-15(12)19(20)21/h4-7,10-11,14,16H,3,8-9H2,1-2H3. The van der Waals surface area contributed by atoms with Crippen LogP contribution < -0.4 is 5.32 Å². The highest BCUT2D eigenvalue weighted by molar-refractivity contribution is 5.39. The van der Waals surface area contributed by atoms with Gasteiger partial charge in [0.25, 0.3) is 5.69 Å². The van der Waals surface area contributed by atoms with Crippen LogP contribution in [0.5, 0.6) is 0 Å². The number of nitrogens with zero attached hydrogens (tertiary/aromatic N) is 3. The summed E-state index contributed by atoms with van der Waals surface area (Å²) in [6.45, 7) is 2.75. The van der Waals surface area contributed by atoms with Crippen LogP contribution in [0.15, 0.2) is 36.7 Å². The Kier molecular flexibility index (Phi) is 5.05. The molecule has 0 aliphatic rings. The van der Waals surface area contributed by atoms with Gasteiger partial charge in [-0.05, 0) is 19.9 Å². The molecule has 0 fully saturated rings. The first-order chi connectivity index (χ1) is 10.2. The monoisotopic (exact) mass is 288 g/mol. The summed E-state index contributed by atoms with van der Waals surface area (Å²) in [5.41, 5.74) is 2.05. The quantitative estimate of drug-likeness (QED) is 0.628. The Balaban J connectivity index is 2.05. The molecule has 0 spiro atoms. The summed E-state index contributed by atoms with van der Waals surface area (Å²) in [5, 5.41) is 18.5. The molecule has 6 heteroatoms. The molecule has 1 aromatic heterocycles. The lowest BCUT2D eigenvalue weighted by atomic mass is 10.1. The average molecular weight is 288 g/mol. The number of nitro groups is 1. The summed E-state index contributed by atoms with van der Waals surface area (Å²) >= 11 is 0. The van der Waals surface area contributed by atoms with Crippen molar-refractivity contribution in [2.45, 2.75) is 32.4 Å². The third-order valence-electron chi connectivity index (χ3n) is 3.61. The van der Waals surface area contributed by atoms with Crippen LogP contribution in [-0.2, 0) is 13.0 Å². The van der Waals surface area contributed by atoms with Gasteiger partial charge in [0, 0.05) is 36.0 Å². The Morgan fingerprint density at radius 1 is 1.43 bits per heavy atom. The van der Waals surface area contributed by atoms with Crippen molar-refractivity contribution in [1.82, 2.24) is 15.1 Å². The largest absolute Gasteiger partial charge is 0.313 e. The lowest BCUT2D eigenvalue weighted by molar-refractivity contribution is -0.385. The lowest BCUT2D eigenvalue weighted by Gasteiger charge is -2.10. The first-order valence-corrected chi connectivity index (χ1v) is 7.07. The van der Waals surface area contributed by atoms with Gasteiger partial charge in [0.05, 0.1) is 11.1 Å². The lowest BCUT2D eigenvalue weighted by Crippen LogP contribution is -2.14. The highest BCUT2D eigenvalue weighted by Gasteiger charge is 2.13. The van der Waals surface area contributed by atoms with Gasteiger partial charge in [-0.1, -0.05) is 25.1 Å². The first-order valence-electron chi connectivity index (χ1n) is 7.07. The molecule has 1 N–H and O–H groups in total. The van der Waals surface area contributed by atoms with E-state index < -0.39 is 0 Å². The fourth-order valence-corrected chi connectivity index (χ4v) is 2.42. The average Bonchev–Trinajstić information content (AvgIpc) is 2.95. The Morgan fingerprint density at radius 3 is 2.86 bits per heavy atom. The number of rotatable bonds is 7. The second-order valence-corrected chi connectivity index (χ2v) is 4.92. The van der Waals surface area contributed by atoms with E-state index in [-0.39, 0.29) is 10.6 Å². The number of aromatic nitrogens is 2. The highest BCUT2D eigenvalue weighted by atomic mass is 16.6. The maximum Gasteiger partial charge on any atom is 0.272 e. The molecule has 0 saturated carbocycles. The zero-order chi connectivity index (χ0) is 15.2. The second kappa shape index (κ2) is 6.99. The minimum Gasteiger partial charge on any atom is -0.313 e. The van der Waals surface area contributed by atoms with Crippen LogP contribution in [0.1, 0.15) is 30.5 Å². The van der Waals surface area contributed by atoms with Crippen LogP contribution in [0.3, 0.4) is 0 Å². The van der Waals surface area contributed by atoms with Crippen molar-refractivity contribution >= 4 is 5.69 Å². The molecule has 6 nitrogen and oxygen atoms in total. The molecule has 2 aromatic rings. The molecule has 0 bridgehead atoms. The van der Waals surface area contributed by atoms with Gasteiger partial charge < -0.3 is 5.32 Å². The number of hydrogen-bond donors (Lipinski definition) is 1. The van der Waals surface area contributed by atoms with Crippen molar-refractivity contribution in [2.75, 3.05) is 7.05 Å². The van der Waals surface area contributed by atoms with Gasteiger partial charge in [-0.2, -0.15) is 5.10 Å². The Hall–Kier alpha value is -2.21. The minimum atomic E-state index is -0.335. The van der Waals surface area contributed by atoms with Crippen LogP contribution in [0.25, 0.3) is 0 Å². The van der Waals surface area contributed by atoms with E-state index in [1.165, 1.54) is 6.07 Å². The van der Waals surface area contributed by atoms with Gasteiger partial charge in [0.15, 0.2) is 0 Å². The van der Waals surface area contributed by atoms with Crippen LogP contribution >= 0.6 is 0 Å². The highest BCUT2D eigenvalue weighted by Crippen LogP contribution is 2.19. The molecular weight excluding hydrogens is 268 g/mol. The molecule has 112 valence electrons. The van der Waals surface area contributed by atoms with E-state index in [2.05, 4.69) is 17.3 Å². The molecule has 1 unspecified atom stereocenters. The molecule has 0 saturated heterocycles. The number of aryl methyl sites for hydroxylation is 2. The molecule has 1 atom stereocenters. The van der Waals surface area contributed by atoms with Gasteiger partial charge >= 0.3 is 0 Å². The normalized spacial score (nSPS) is 12.3. The van der Waals surface area contributed by atoms with Crippen molar-refractivity contribution in [2.24, 2.45) is 0 Å². The number of nitrogens with one attached hydrogen (secondary N) is 1. The van der Waals surface area contributed by atoms with Crippen LogP contribution in [0.4, 0.5) is 5.69 Å². The number of benzene rings is 1. The van der Waals surface area contributed by atoms with Gasteiger partial charge in [-0.25, -0.2) is 0 Å². The zero-order valence-electron chi connectivity index (χ0n) is 12.3. The molecule has 0 aliphatic heterocycles. The third-order valence-corrected chi connectivity index (χ3v) is 3.61. The predicted octanol–water partition coefficient (Wildman–Crippen LogP) is 2.70. The molecular formula is C15H20N4O2. The fourth-order valence-electron chi connectivity index (χ4n) is 2.42. The van der Waals surface area contributed by atoms with E-state index in [9.17, 15) is 10.1 Å². The van der Waals surface area contributed by atoms with E-state index in [1.807, 2.05) is 30.2 Å². The fraction of sp³-hybridized carbons (Fsp3) is 0.400. The minimum absolute atomic E-state index is 0.173. The molecule has 0 radical (unpaired) electrons. The molecule has 2 rings (SSSR count). The smallest absolute Gasteiger partial charge is 0.272 e. The number of nitro benzene ring substituents is 1. The SMILES string of the molecule is CCC(NC)c1cnn(CCc2ccccc2[N+](=O)[O-])c1. The summed E-state index contributed by atoms with van der Waals surface area (Å²) in [6, 6.07) is 7.14. The van der Waals surface area contributed by atoms with Crippen molar-refractivity contribution < 1.29 is 4.92 Å². The maximum atomic E-state index is 11.0. The van der Waals surface area contributed by atoms with Crippen LogP contribution in [0.2, 0.25) is 0 Å². The maximum absolute atomic E-state index is 11.0. The van der Waals surface area contributed by atoms with Gasteiger partial charge in [-0.3, -0.25) is 14.8 Å². The van der Waals surface area contributed by atoms with Gasteiger partial charge in [0.2, 0.25) is 0 Å². The zero-order valence-corrected chi connectivity index (χ0v) is 12.3. The molecule has 0 amide bonds. The summed E-state index contributed by atoms with van der Waals surface area (Å²) < 4.78 is 1.84. The Bertz CT molecular complexity index is 605. The molecule has 1 heterocycles. The second-order valence-electron chi connectivity index (χ2n) is 4.92. The first kappa shape index (κ1) is 15.2. The third kappa shape index (κ3) is 3.66. The van der Waals surface area contributed by atoms with Crippen LogP contribution in [-0.4, -0.2) is 21.8 Å². The van der Waals surface area contributed by atoms with Crippen molar-refractivity contribution in [3.05, 3.63) is 57.9 Å². The van der Waals surface area contributed by atoms with E-state index >= 15 is 0 Å². The van der Waals surface area contributed by atoms with E-state index in [0.29, 0.717) is 19.0 Å². The van der Waals surface area contributed by atoms with E-state index in [4.69, 9.17) is 0 Å².